The summed E-state index contributed by atoms with van der Waals surface area (Å²) in [6.07, 6.45) is 8.46. The molecule has 0 fully saturated rings. The van der Waals surface area contributed by atoms with Crippen LogP contribution in [0.5, 0.6) is 0 Å². The third-order valence-electron chi connectivity index (χ3n) is 4.98. The molecule has 3 nitrogen and oxygen atoms in total. The van der Waals surface area contributed by atoms with E-state index in [4.69, 9.17) is 4.74 Å². The Labute approximate surface area is 172 Å². The van der Waals surface area contributed by atoms with E-state index in [9.17, 15) is 0 Å². The Bertz CT molecular complexity index is 913. The summed E-state index contributed by atoms with van der Waals surface area (Å²) in [5, 5.41) is 0. The molecule has 29 heavy (non-hydrogen) atoms. The van der Waals surface area contributed by atoms with Gasteiger partial charge in [-0.1, -0.05) is 60.7 Å². The lowest BCUT2D eigenvalue weighted by Crippen LogP contribution is -2.37. The number of aromatic nitrogens is 2. The monoisotopic (exact) mass is 382 g/mol. The van der Waals surface area contributed by atoms with Gasteiger partial charge in [-0.15, -0.1) is 0 Å². The topological polar surface area (TPSA) is 17.0 Å². The summed E-state index contributed by atoms with van der Waals surface area (Å²) < 4.78 is 10.2. The third-order valence-corrected chi connectivity index (χ3v) is 4.98. The maximum Gasteiger partial charge on any atom is 0.171 e. The zero-order chi connectivity index (χ0) is 19.7. The smallest absolute Gasteiger partial charge is 0.171 e. The second kappa shape index (κ2) is 9.76. The van der Waals surface area contributed by atoms with Crippen molar-refractivity contribution in [1.82, 2.24) is 0 Å². The van der Waals surface area contributed by atoms with Crippen LogP contribution in [0.25, 0.3) is 22.3 Å². The number of hydrogen-bond donors (Lipinski definition) is 0. The quantitative estimate of drug-likeness (QED) is 0.328. The van der Waals surface area contributed by atoms with Gasteiger partial charge in [-0.3, -0.25) is 0 Å². The Hall–Kier alpha value is -3.30. The zero-order valence-corrected chi connectivity index (χ0v) is 16.5. The molecule has 0 bridgehead atoms. The molecule has 0 spiro atoms. The van der Waals surface area contributed by atoms with Crippen molar-refractivity contribution < 1.29 is 13.9 Å². The summed E-state index contributed by atoms with van der Waals surface area (Å²) in [6, 6.07) is 29.5. The van der Waals surface area contributed by atoms with Gasteiger partial charge in [0.2, 0.25) is 0 Å². The van der Waals surface area contributed by atoms with Gasteiger partial charge in [-0.05, 0) is 22.3 Å². The maximum absolute atomic E-state index is 5.83. The Morgan fingerprint density at radius 1 is 0.448 bits per heavy atom. The summed E-state index contributed by atoms with van der Waals surface area (Å²) in [5.74, 6) is 0. The lowest BCUT2D eigenvalue weighted by Gasteiger charge is -2.03. The summed E-state index contributed by atoms with van der Waals surface area (Å²) in [7, 11) is 0. The Morgan fingerprint density at radius 3 is 1.17 bits per heavy atom. The van der Waals surface area contributed by atoms with Gasteiger partial charge in [-0.2, -0.15) is 0 Å². The van der Waals surface area contributed by atoms with Crippen molar-refractivity contribution in [1.29, 1.82) is 0 Å². The van der Waals surface area contributed by atoms with Gasteiger partial charge < -0.3 is 4.74 Å². The van der Waals surface area contributed by atoms with Crippen LogP contribution in [-0.4, -0.2) is 13.2 Å². The average molecular weight is 383 g/mol. The van der Waals surface area contributed by atoms with E-state index in [1.54, 1.807) is 0 Å². The van der Waals surface area contributed by atoms with E-state index in [2.05, 4.69) is 107 Å². The van der Waals surface area contributed by atoms with Gasteiger partial charge in [0.1, 0.15) is 13.2 Å². The Morgan fingerprint density at radius 2 is 0.793 bits per heavy atom. The summed E-state index contributed by atoms with van der Waals surface area (Å²) in [5.41, 5.74) is 4.95. The highest BCUT2D eigenvalue weighted by atomic mass is 16.5. The SMILES string of the molecule is c1ccc(-c2cc[n+](CCOCC[n+]3ccc(-c4ccccc4)cc3)cc2)cc1. The average Bonchev–Trinajstić information content (AvgIpc) is 2.81. The molecule has 0 saturated carbocycles. The van der Waals surface area contributed by atoms with Crippen LogP contribution in [0.4, 0.5) is 0 Å². The van der Waals surface area contributed by atoms with E-state index in [1.807, 2.05) is 12.1 Å². The fraction of sp³-hybridized carbons (Fsp3) is 0.154. The van der Waals surface area contributed by atoms with Crippen LogP contribution < -0.4 is 9.13 Å². The van der Waals surface area contributed by atoms with Crippen LogP contribution in [0.15, 0.2) is 110 Å². The lowest BCUT2D eigenvalue weighted by atomic mass is 10.1. The van der Waals surface area contributed by atoms with Crippen LogP contribution in [0.2, 0.25) is 0 Å². The molecule has 0 unspecified atom stereocenters. The second-order valence-corrected chi connectivity index (χ2v) is 6.99. The molecule has 0 aliphatic heterocycles. The first-order chi connectivity index (χ1) is 14.4. The van der Waals surface area contributed by atoms with Crippen LogP contribution in [0.1, 0.15) is 0 Å². The standard InChI is InChI=1S/C26H26N2O/c1-3-7-23(8-4-1)25-11-15-27(16-12-25)19-21-29-22-20-28-17-13-26(14-18-28)24-9-5-2-6-10-24/h1-18H,19-22H2/q+2. The fourth-order valence-electron chi connectivity index (χ4n) is 3.30. The van der Waals surface area contributed by atoms with Gasteiger partial charge in [0.05, 0.1) is 0 Å². The van der Waals surface area contributed by atoms with Gasteiger partial charge in [-0.25, -0.2) is 9.13 Å². The molecular weight excluding hydrogens is 356 g/mol. The summed E-state index contributed by atoms with van der Waals surface area (Å²) in [6.45, 7) is 3.12. The molecule has 3 heteroatoms. The first-order valence-electron chi connectivity index (χ1n) is 10.1. The van der Waals surface area contributed by atoms with Crippen LogP contribution in [-0.2, 0) is 17.8 Å². The van der Waals surface area contributed by atoms with Crippen molar-refractivity contribution >= 4 is 0 Å². The number of pyridine rings is 2. The largest absolute Gasteiger partial charge is 0.368 e. The summed E-state index contributed by atoms with van der Waals surface area (Å²) in [4.78, 5) is 0. The molecule has 0 aliphatic rings. The molecule has 0 radical (unpaired) electrons. The predicted molar refractivity (Wildman–Crippen MR) is 115 cm³/mol. The molecule has 0 aliphatic carbocycles. The minimum absolute atomic E-state index is 0.706. The van der Waals surface area contributed by atoms with Gasteiger partial charge in [0.25, 0.3) is 0 Å². The highest BCUT2D eigenvalue weighted by Crippen LogP contribution is 2.17. The van der Waals surface area contributed by atoms with Crippen molar-refractivity contribution in [2.45, 2.75) is 13.1 Å². The van der Waals surface area contributed by atoms with Gasteiger partial charge in [0.15, 0.2) is 37.9 Å². The molecular formula is C26H26N2O+2. The Kier molecular flexibility index (Phi) is 6.41. The predicted octanol–water partition coefficient (Wildman–Crippen LogP) is 4.31. The molecule has 4 aromatic rings. The molecule has 0 atom stereocenters. The Balaban J connectivity index is 1.20. The number of hydrogen-bond acceptors (Lipinski definition) is 1. The van der Waals surface area contributed by atoms with E-state index < -0.39 is 0 Å². The van der Waals surface area contributed by atoms with Crippen molar-refractivity contribution in [3.05, 3.63) is 110 Å². The van der Waals surface area contributed by atoms with Crippen molar-refractivity contribution in [3.63, 3.8) is 0 Å². The van der Waals surface area contributed by atoms with E-state index in [0.717, 1.165) is 13.1 Å². The third kappa shape index (κ3) is 5.37. The van der Waals surface area contributed by atoms with Crippen LogP contribution >= 0.6 is 0 Å². The normalized spacial score (nSPS) is 10.8. The highest BCUT2D eigenvalue weighted by molar-refractivity contribution is 5.62. The fourth-order valence-corrected chi connectivity index (χ4v) is 3.30. The molecule has 2 aromatic heterocycles. The van der Waals surface area contributed by atoms with Gasteiger partial charge >= 0.3 is 0 Å². The minimum atomic E-state index is 0.706. The number of nitrogens with zero attached hydrogens (tertiary/aromatic N) is 2. The van der Waals surface area contributed by atoms with Crippen molar-refractivity contribution in [3.8, 4) is 22.3 Å². The second-order valence-electron chi connectivity index (χ2n) is 6.99. The maximum atomic E-state index is 5.83. The van der Waals surface area contributed by atoms with Gasteiger partial charge in [0, 0.05) is 24.3 Å². The number of benzene rings is 2. The van der Waals surface area contributed by atoms with Crippen molar-refractivity contribution in [2.75, 3.05) is 13.2 Å². The highest BCUT2D eigenvalue weighted by Gasteiger charge is 2.05. The van der Waals surface area contributed by atoms with Crippen molar-refractivity contribution in [2.24, 2.45) is 0 Å². The molecule has 144 valence electrons. The lowest BCUT2D eigenvalue weighted by molar-refractivity contribution is -0.705. The number of ether oxygens (including phenoxy) is 1. The molecule has 0 saturated heterocycles. The van der Waals surface area contributed by atoms with E-state index in [1.165, 1.54) is 22.3 Å². The molecule has 0 amide bonds. The summed E-state index contributed by atoms with van der Waals surface area (Å²) >= 11 is 0. The molecule has 4 rings (SSSR count). The molecule has 2 aromatic carbocycles. The number of rotatable bonds is 8. The van der Waals surface area contributed by atoms with E-state index in [-0.39, 0.29) is 0 Å². The minimum Gasteiger partial charge on any atom is -0.368 e. The van der Waals surface area contributed by atoms with Crippen LogP contribution in [0.3, 0.4) is 0 Å². The van der Waals surface area contributed by atoms with Crippen LogP contribution in [0, 0.1) is 0 Å². The van der Waals surface area contributed by atoms with E-state index >= 15 is 0 Å². The first kappa shape index (κ1) is 19.0. The molecule has 0 N–H and O–H groups in total. The zero-order valence-electron chi connectivity index (χ0n) is 16.5. The first-order valence-corrected chi connectivity index (χ1v) is 10.1. The van der Waals surface area contributed by atoms with E-state index in [0.29, 0.717) is 13.2 Å². The molecule has 2 heterocycles.